The Balaban J connectivity index is 1.79. The molecule has 24 heavy (non-hydrogen) atoms. The van der Waals surface area contributed by atoms with E-state index in [-0.39, 0.29) is 12.6 Å². The summed E-state index contributed by atoms with van der Waals surface area (Å²) in [6.07, 6.45) is 1.64. The number of benzene rings is 1. The maximum atomic E-state index is 11.9. The average Bonchev–Trinajstić information content (AvgIpc) is 3.13. The Hall–Kier alpha value is -2.05. The first kappa shape index (κ1) is 18.3. The summed E-state index contributed by atoms with van der Waals surface area (Å²) in [5.41, 5.74) is 2.67. The van der Waals surface area contributed by atoms with E-state index in [1.54, 1.807) is 0 Å². The number of unbranched alkanes of at least 4 members (excludes halogenated alkanes) is 1. The van der Waals surface area contributed by atoms with Gasteiger partial charge in [-0.2, -0.15) is 11.3 Å². The number of carbonyl (C=O) groups is 1. The molecule has 3 N–H and O–H groups in total. The van der Waals surface area contributed by atoms with Crippen LogP contribution in [0, 0.1) is 0 Å². The lowest BCUT2D eigenvalue weighted by atomic mass is 10.2. The van der Waals surface area contributed by atoms with E-state index in [0.29, 0.717) is 0 Å². The zero-order valence-electron chi connectivity index (χ0n) is 14.2. The normalized spacial score (nSPS) is 11.8. The van der Waals surface area contributed by atoms with Crippen molar-refractivity contribution in [3.8, 4) is 0 Å². The molecule has 0 aliphatic carbocycles. The van der Waals surface area contributed by atoms with Gasteiger partial charge in [0.15, 0.2) is 0 Å². The fraction of sp³-hybridized carbons (Fsp3) is 0.389. The predicted molar refractivity (Wildman–Crippen MR) is 101 cm³/mol. The number of aliphatic hydroxyl groups excluding tert-OH is 1. The molecule has 0 aliphatic rings. The molecule has 0 radical (unpaired) electrons. The molecule has 0 saturated heterocycles. The summed E-state index contributed by atoms with van der Waals surface area (Å²) in [7, 11) is 2.07. The van der Waals surface area contributed by atoms with E-state index in [9.17, 15) is 9.90 Å². The van der Waals surface area contributed by atoms with Crippen LogP contribution in [0.5, 0.6) is 0 Å². The highest BCUT2D eigenvalue weighted by Crippen LogP contribution is 2.18. The predicted octanol–water partition coefficient (Wildman–Crippen LogP) is 3.84. The van der Waals surface area contributed by atoms with Crippen LogP contribution >= 0.6 is 11.3 Å². The quantitative estimate of drug-likeness (QED) is 0.680. The molecular weight excluding hydrogens is 322 g/mol. The lowest BCUT2D eigenvalue weighted by Crippen LogP contribution is -2.32. The molecule has 2 aromatic rings. The number of thiophene rings is 1. The molecule has 2 amide bonds. The molecule has 0 spiro atoms. The van der Waals surface area contributed by atoms with E-state index in [0.717, 1.165) is 29.9 Å². The van der Waals surface area contributed by atoms with Crippen molar-refractivity contribution < 1.29 is 9.90 Å². The zero-order valence-corrected chi connectivity index (χ0v) is 15.0. The maximum absolute atomic E-state index is 11.9. The van der Waals surface area contributed by atoms with E-state index in [4.69, 9.17) is 0 Å². The third-order valence-electron chi connectivity index (χ3n) is 3.80. The van der Waals surface area contributed by atoms with Gasteiger partial charge in [0.05, 0.1) is 6.10 Å². The second kappa shape index (κ2) is 9.30. The second-order valence-corrected chi connectivity index (χ2v) is 6.51. The molecular formula is C18H25N3O2S. The number of anilines is 2. The molecule has 1 aromatic heterocycles. The van der Waals surface area contributed by atoms with Crippen molar-refractivity contribution in [2.75, 3.05) is 30.4 Å². The topological polar surface area (TPSA) is 64.6 Å². The van der Waals surface area contributed by atoms with Crippen molar-refractivity contribution in [1.29, 1.82) is 0 Å². The maximum Gasteiger partial charge on any atom is 0.319 e. The molecule has 0 fully saturated rings. The number of rotatable bonds is 8. The Morgan fingerprint density at radius 1 is 1.29 bits per heavy atom. The Kier molecular flexibility index (Phi) is 7.08. The van der Waals surface area contributed by atoms with Crippen LogP contribution < -0.4 is 15.5 Å². The summed E-state index contributed by atoms with van der Waals surface area (Å²) >= 11 is 1.52. The smallest absolute Gasteiger partial charge is 0.319 e. The second-order valence-electron chi connectivity index (χ2n) is 5.73. The molecule has 1 unspecified atom stereocenters. The Bertz CT molecular complexity index is 614. The van der Waals surface area contributed by atoms with Gasteiger partial charge in [-0.3, -0.25) is 0 Å². The molecule has 6 heteroatoms. The lowest BCUT2D eigenvalue weighted by molar-refractivity contribution is 0.175. The molecule has 1 heterocycles. The van der Waals surface area contributed by atoms with E-state index in [1.165, 1.54) is 17.8 Å². The monoisotopic (exact) mass is 347 g/mol. The summed E-state index contributed by atoms with van der Waals surface area (Å²) in [6.45, 7) is 3.37. The van der Waals surface area contributed by atoms with Crippen LogP contribution in [0.2, 0.25) is 0 Å². The first-order valence-corrected chi connectivity index (χ1v) is 9.10. The van der Waals surface area contributed by atoms with Crippen LogP contribution in [0.4, 0.5) is 16.2 Å². The number of urea groups is 1. The number of carbonyl (C=O) groups excluding carboxylic acids is 1. The van der Waals surface area contributed by atoms with E-state index < -0.39 is 6.10 Å². The third-order valence-corrected chi connectivity index (χ3v) is 4.50. The van der Waals surface area contributed by atoms with Crippen molar-refractivity contribution in [3.63, 3.8) is 0 Å². The van der Waals surface area contributed by atoms with Crippen LogP contribution in [0.1, 0.15) is 31.4 Å². The molecule has 130 valence electrons. The van der Waals surface area contributed by atoms with Crippen LogP contribution in [-0.4, -0.2) is 31.3 Å². The lowest BCUT2D eigenvalue weighted by Gasteiger charge is -2.19. The highest BCUT2D eigenvalue weighted by Gasteiger charge is 2.10. The first-order valence-electron chi connectivity index (χ1n) is 8.16. The number of amides is 2. The summed E-state index contributed by atoms with van der Waals surface area (Å²) in [5.74, 6) is 0. The van der Waals surface area contributed by atoms with Gasteiger partial charge in [0.1, 0.15) is 0 Å². The number of hydrogen-bond donors (Lipinski definition) is 3. The molecule has 0 bridgehead atoms. The van der Waals surface area contributed by atoms with Gasteiger partial charge in [-0.05, 0) is 53.1 Å². The van der Waals surface area contributed by atoms with Crippen LogP contribution in [0.3, 0.4) is 0 Å². The van der Waals surface area contributed by atoms with Crippen molar-refractivity contribution >= 4 is 28.7 Å². The van der Waals surface area contributed by atoms with Gasteiger partial charge in [0, 0.05) is 31.5 Å². The Labute approximate surface area is 147 Å². The van der Waals surface area contributed by atoms with Gasteiger partial charge in [0.2, 0.25) is 0 Å². The molecule has 0 saturated carbocycles. The summed E-state index contributed by atoms with van der Waals surface area (Å²) in [4.78, 5) is 14.1. The van der Waals surface area contributed by atoms with Crippen LogP contribution in [0.15, 0.2) is 41.1 Å². The molecule has 1 atom stereocenters. The minimum Gasteiger partial charge on any atom is -0.387 e. The summed E-state index contributed by atoms with van der Waals surface area (Å²) in [6, 6.07) is 9.27. The highest BCUT2D eigenvalue weighted by atomic mass is 32.1. The molecule has 0 aliphatic heterocycles. The van der Waals surface area contributed by atoms with Gasteiger partial charge in [-0.25, -0.2) is 4.79 Å². The van der Waals surface area contributed by atoms with E-state index in [2.05, 4.69) is 29.5 Å². The summed E-state index contributed by atoms with van der Waals surface area (Å²) in [5, 5.41) is 19.2. The van der Waals surface area contributed by atoms with Crippen LogP contribution in [-0.2, 0) is 0 Å². The number of nitrogens with one attached hydrogen (secondary N) is 2. The number of hydrogen-bond acceptors (Lipinski definition) is 4. The largest absolute Gasteiger partial charge is 0.387 e. The van der Waals surface area contributed by atoms with Crippen LogP contribution in [0.25, 0.3) is 0 Å². The number of aliphatic hydroxyl groups is 1. The number of nitrogens with zero attached hydrogens (tertiary/aromatic N) is 1. The average molecular weight is 347 g/mol. The van der Waals surface area contributed by atoms with Crippen molar-refractivity contribution in [3.05, 3.63) is 46.7 Å². The fourth-order valence-electron chi connectivity index (χ4n) is 2.27. The van der Waals surface area contributed by atoms with Gasteiger partial charge in [-0.15, -0.1) is 0 Å². The van der Waals surface area contributed by atoms with E-state index in [1.807, 2.05) is 41.1 Å². The van der Waals surface area contributed by atoms with Crippen molar-refractivity contribution in [2.45, 2.75) is 25.9 Å². The van der Waals surface area contributed by atoms with Crippen molar-refractivity contribution in [1.82, 2.24) is 5.32 Å². The van der Waals surface area contributed by atoms with Gasteiger partial charge < -0.3 is 20.6 Å². The minimum absolute atomic E-state index is 0.181. The molecule has 5 nitrogen and oxygen atoms in total. The SMILES string of the molecule is CCCCN(C)c1ccc(NC(=O)NCC(O)c2ccsc2)cc1. The van der Waals surface area contributed by atoms with Crippen molar-refractivity contribution in [2.24, 2.45) is 0 Å². The van der Waals surface area contributed by atoms with E-state index >= 15 is 0 Å². The Morgan fingerprint density at radius 2 is 2.04 bits per heavy atom. The third kappa shape index (κ3) is 5.54. The van der Waals surface area contributed by atoms with Gasteiger partial charge in [-0.1, -0.05) is 13.3 Å². The first-order chi connectivity index (χ1) is 11.6. The zero-order chi connectivity index (χ0) is 17.4. The minimum atomic E-state index is -0.684. The Morgan fingerprint density at radius 3 is 2.67 bits per heavy atom. The van der Waals surface area contributed by atoms with Gasteiger partial charge in [0.25, 0.3) is 0 Å². The van der Waals surface area contributed by atoms with Gasteiger partial charge >= 0.3 is 6.03 Å². The fourth-order valence-corrected chi connectivity index (χ4v) is 2.98. The standard InChI is InChI=1S/C18H25N3O2S/c1-3-4-10-21(2)16-7-5-15(6-8-16)20-18(23)19-12-17(22)14-9-11-24-13-14/h5-9,11,13,17,22H,3-4,10,12H2,1-2H3,(H2,19,20,23). The molecule has 1 aromatic carbocycles. The molecule has 2 rings (SSSR count). The highest BCUT2D eigenvalue weighted by molar-refractivity contribution is 7.07. The summed E-state index contributed by atoms with van der Waals surface area (Å²) < 4.78 is 0.